The third kappa shape index (κ3) is 2.45. The molecule has 0 radical (unpaired) electrons. The van der Waals surface area contributed by atoms with Gasteiger partial charge in [0.25, 0.3) is 0 Å². The average molecular weight is 184 g/mol. The number of nitrogens with zero attached hydrogens (tertiary/aromatic N) is 1. The second-order valence-electron chi connectivity index (χ2n) is 2.03. The molecule has 0 aliphatic heterocycles. The fourth-order valence-electron chi connectivity index (χ4n) is 0.730. The maximum absolute atomic E-state index is 6.71. The normalized spacial score (nSPS) is 9.09. The maximum atomic E-state index is 6.71. The van der Waals surface area contributed by atoms with E-state index in [1.54, 1.807) is 12.1 Å². The summed E-state index contributed by atoms with van der Waals surface area (Å²) in [6.07, 6.45) is 0. The molecule has 0 saturated carbocycles. The van der Waals surface area contributed by atoms with Crippen molar-refractivity contribution in [3.8, 4) is 0 Å². The molecule has 0 N–H and O–H groups in total. The van der Waals surface area contributed by atoms with E-state index in [0.29, 0.717) is 5.69 Å². The van der Waals surface area contributed by atoms with E-state index in [0.717, 1.165) is 11.3 Å². The summed E-state index contributed by atoms with van der Waals surface area (Å²) in [5, 5.41) is 0. The Labute approximate surface area is 74.7 Å². The lowest BCUT2D eigenvalue weighted by atomic mass is 10.2. The lowest BCUT2D eigenvalue weighted by Crippen LogP contribution is -1.74. The fourth-order valence-corrected chi connectivity index (χ4v) is 1.43. The molecule has 0 atom stereocenters. The van der Waals surface area contributed by atoms with Crippen LogP contribution in [0.15, 0.2) is 24.3 Å². The van der Waals surface area contributed by atoms with Crippen LogP contribution in [0.2, 0.25) is 0 Å². The van der Waals surface area contributed by atoms with Gasteiger partial charge in [-0.15, -0.1) is 0 Å². The second kappa shape index (κ2) is 4.27. The molecule has 0 aromatic heterocycles. The van der Waals surface area contributed by atoms with Gasteiger partial charge >= 0.3 is 0 Å². The minimum absolute atomic E-state index is 0.674. The number of hydrogen-bond acceptors (Lipinski definition) is 1. The predicted octanol–water partition coefficient (Wildman–Crippen LogP) is 3.62. The van der Waals surface area contributed by atoms with E-state index in [9.17, 15) is 0 Å². The number of halogens is 1. The second-order valence-corrected chi connectivity index (χ2v) is 3.19. The number of hydrogen-bond donors (Lipinski definition) is 0. The van der Waals surface area contributed by atoms with Crippen LogP contribution in [0.3, 0.4) is 0 Å². The van der Waals surface area contributed by atoms with E-state index in [2.05, 4.69) is 4.85 Å². The lowest BCUT2D eigenvalue weighted by molar-refractivity contribution is 1.43. The zero-order valence-electron chi connectivity index (χ0n) is 5.75. The van der Waals surface area contributed by atoms with Crippen molar-refractivity contribution in [3.63, 3.8) is 0 Å². The number of rotatable bonds is 2. The highest BCUT2D eigenvalue weighted by atomic mass is 35.7. The van der Waals surface area contributed by atoms with Gasteiger partial charge in [0.1, 0.15) is 0 Å². The lowest BCUT2D eigenvalue weighted by Gasteiger charge is -1.94. The number of benzene rings is 1. The zero-order chi connectivity index (χ0) is 8.10. The first-order valence-corrected chi connectivity index (χ1v) is 4.88. The zero-order valence-corrected chi connectivity index (χ0v) is 7.32. The van der Waals surface area contributed by atoms with Gasteiger partial charge < -0.3 is 0 Å². The first-order chi connectivity index (χ1) is 5.36. The van der Waals surface area contributed by atoms with Crippen molar-refractivity contribution in [2.24, 2.45) is 0 Å². The van der Waals surface area contributed by atoms with Gasteiger partial charge in [-0.05, 0) is 16.2 Å². The van der Waals surface area contributed by atoms with E-state index in [4.69, 9.17) is 17.3 Å². The van der Waals surface area contributed by atoms with Crippen molar-refractivity contribution in [1.29, 1.82) is 0 Å². The molecule has 0 amide bonds. The van der Waals surface area contributed by atoms with Gasteiger partial charge in [-0.3, -0.25) is 0 Å². The third-order valence-corrected chi connectivity index (χ3v) is 2.06. The Kier molecular flexibility index (Phi) is 3.28. The molecule has 0 aliphatic carbocycles. The van der Waals surface area contributed by atoms with Crippen molar-refractivity contribution in [1.82, 2.24) is 0 Å². The van der Waals surface area contributed by atoms with Gasteiger partial charge in [0.15, 0.2) is 5.69 Å². The first-order valence-electron chi connectivity index (χ1n) is 3.07. The minimum atomic E-state index is 0.674. The van der Waals surface area contributed by atoms with Crippen LogP contribution < -0.4 is 0 Å². The van der Waals surface area contributed by atoms with Crippen LogP contribution in [-0.2, 0) is 5.75 Å². The van der Waals surface area contributed by atoms with E-state index >= 15 is 0 Å². The highest BCUT2D eigenvalue weighted by Gasteiger charge is 1.92. The monoisotopic (exact) mass is 183 g/mol. The Morgan fingerprint density at radius 1 is 1.36 bits per heavy atom. The van der Waals surface area contributed by atoms with Crippen molar-refractivity contribution in [2.75, 3.05) is 0 Å². The maximum Gasteiger partial charge on any atom is 0.187 e. The molecule has 0 aliphatic rings. The van der Waals surface area contributed by atoms with E-state index < -0.39 is 0 Å². The van der Waals surface area contributed by atoms with Gasteiger partial charge in [0.05, 0.1) is 6.57 Å². The summed E-state index contributed by atoms with van der Waals surface area (Å²) in [4.78, 5) is 3.28. The fraction of sp³-hybridized carbons (Fsp3) is 0.125. The highest BCUT2D eigenvalue weighted by Crippen LogP contribution is 2.18. The van der Waals surface area contributed by atoms with E-state index in [1.165, 1.54) is 11.0 Å². The van der Waals surface area contributed by atoms with E-state index in [1.807, 2.05) is 12.1 Å². The smallest absolute Gasteiger partial charge is 0.187 e. The molecule has 0 fully saturated rings. The highest BCUT2D eigenvalue weighted by molar-refractivity contribution is 8.20. The van der Waals surface area contributed by atoms with E-state index in [-0.39, 0.29) is 0 Å². The van der Waals surface area contributed by atoms with Crippen LogP contribution >= 0.6 is 21.7 Å². The van der Waals surface area contributed by atoms with Crippen molar-refractivity contribution in [3.05, 3.63) is 41.2 Å². The molecule has 0 spiro atoms. The summed E-state index contributed by atoms with van der Waals surface area (Å²) in [7, 11) is 6.73. The Morgan fingerprint density at radius 2 is 2.00 bits per heavy atom. The summed E-state index contributed by atoms with van der Waals surface area (Å²) in [6, 6.07) is 7.44. The van der Waals surface area contributed by atoms with Crippen molar-refractivity contribution >= 4 is 27.3 Å². The van der Waals surface area contributed by atoms with Gasteiger partial charge in [0.2, 0.25) is 0 Å². The molecule has 1 rings (SSSR count). The van der Waals surface area contributed by atoms with Crippen LogP contribution in [0.4, 0.5) is 5.69 Å². The van der Waals surface area contributed by atoms with Crippen LogP contribution in [0.1, 0.15) is 5.56 Å². The molecule has 1 nitrogen and oxygen atoms in total. The predicted molar refractivity (Wildman–Crippen MR) is 49.9 cm³/mol. The Bertz CT molecular complexity index is 262. The van der Waals surface area contributed by atoms with Crippen LogP contribution in [-0.4, -0.2) is 0 Å². The Morgan fingerprint density at radius 3 is 2.45 bits per heavy atom. The van der Waals surface area contributed by atoms with Crippen LogP contribution in [0, 0.1) is 6.57 Å². The topological polar surface area (TPSA) is 4.36 Å². The molecule has 1 aromatic carbocycles. The largest absolute Gasteiger partial charge is 0.238 e. The standard InChI is InChI=1S/C8H6ClNS/c1-10-8-4-2-7(3-5-8)6-11-9/h2-5H,6H2. The summed E-state index contributed by atoms with van der Waals surface area (Å²) in [5.74, 6) is 0.792. The van der Waals surface area contributed by atoms with Crippen molar-refractivity contribution in [2.45, 2.75) is 5.75 Å². The Balaban J connectivity index is 2.76. The molecule has 0 saturated heterocycles. The first kappa shape index (κ1) is 8.45. The molecule has 0 unspecified atom stereocenters. The minimum Gasteiger partial charge on any atom is -0.238 e. The third-order valence-electron chi connectivity index (χ3n) is 1.29. The van der Waals surface area contributed by atoms with Crippen LogP contribution in [0.5, 0.6) is 0 Å². The molecular formula is C8H6ClNS. The summed E-state index contributed by atoms with van der Waals surface area (Å²) < 4.78 is 0. The van der Waals surface area contributed by atoms with Crippen LogP contribution in [0.25, 0.3) is 4.85 Å². The summed E-state index contributed by atoms with van der Waals surface area (Å²) >= 11 is 0. The van der Waals surface area contributed by atoms with Gasteiger partial charge in [-0.25, -0.2) is 4.85 Å². The molecule has 0 heterocycles. The Hall–Kier alpha value is -0.650. The van der Waals surface area contributed by atoms with Gasteiger partial charge in [0, 0.05) is 5.75 Å². The molecular weight excluding hydrogens is 178 g/mol. The summed E-state index contributed by atoms with van der Waals surface area (Å²) in [6.45, 7) is 6.71. The molecule has 56 valence electrons. The molecule has 0 bridgehead atoms. The SMILES string of the molecule is [C-]#[N+]c1ccc(CSCl)cc1. The molecule has 3 heteroatoms. The quantitative estimate of drug-likeness (QED) is 0.634. The van der Waals surface area contributed by atoms with Crippen molar-refractivity contribution < 1.29 is 0 Å². The van der Waals surface area contributed by atoms with Gasteiger partial charge in [-0.1, -0.05) is 35.2 Å². The average Bonchev–Trinajstić information content (AvgIpc) is 2.07. The summed E-state index contributed by atoms with van der Waals surface area (Å²) in [5.41, 5.74) is 1.82. The van der Waals surface area contributed by atoms with Gasteiger partial charge in [-0.2, -0.15) is 0 Å². The molecule has 11 heavy (non-hydrogen) atoms. The molecule has 1 aromatic rings.